The summed E-state index contributed by atoms with van der Waals surface area (Å²) in [6.07, 6.45) is 4.74. The third-order valence-electron chi connectivity index (χ3n) is 7.43. The number of hydrogen-bond acceptors (Lipinski definition) is 2. The Morgan fingerprint density at radius 1 is 0.588 bits per heavy atom. The molecule has 0 aliphatic rings. The monoisotopic (exact) mass is 471 g/mol. The number of anilines is 3. The third-order valence-corrected chi connectivity index (χ3v) is 12.7. The number of fused-ring (bicyclic) bond motifs is 1. The summed E-state index contributed by atoms with van der Waals surface area (Å²) in [6, 6.07) is 30.7. The van der Waals surface area contributed by atoms with E-state index in [0.29, 0.717) is 0 Å². The first-order valence-corrected chi connectivity index (χ1v) is 15.4. The van der Waals surface area contributed by atoms with Crippen LogP contribution in [0.4, 0.5) is 17.1 Å². The summed E-state index contributed by atoms with van der Waals surface area (Å²) >= 11 is 0. The summed E-state index contributed by atoms with van der Waals surface area (Å²) in [5, 5.41) is 2.44. The molecule has 0 amide bonds. The van der Waals surface area contributed by atoms with Crippen LogP contribution in [0.5, 0.6) is 5.75 Å². The van der Waals surface area contributed by atoms with E-state index in [0.717, 1.165) is 29.2 Å². The van der Waals surface area contributed by atoms with Crippen molar-refractivity contribution in [2.75, 3.05) is 29.7 Å². The van der Waals surface area contributed by atoms with Crippen molar-refractivity contribution in [2.45, 2.75) is 34.6 Å². The van der Waals surface area contributed by atoms with Crippen LogP contribution in [0.25, 0.3) is 10.8 Å². The molecule has 0 bridgehead atoms. The van der Waals surface area contributed by atoms with E-state index in [1.807, 2.05) is 0 Å². The van der Waals surface area contributed by atoms with E-state index >= 15 is 0 Å². The zero-order valence-corrected chi connectivity index (χ0v) is 22.3. The molecule has 0 atom stereocenters. The topological polar surface area (TPSA) is 12.5 Å². The summed E-state index contributed by atoms with van der Waals surface area (Å²) in [7, 11) is -1.32. The Morgan fingerprint density at radius 3 is 1.62 bits per heavy atom. The van der Waals surface area contributed by atoms with Crippen LogP contribution in [0.3, 0.4) is 0 Å². The predicted molar refractivity (Wildman–Crippen MR) is 154 cm³/mol. The van der Waals surface area contributed by atoms with Gasteiger partial charge in [-0.3, -0.25) is 0 Å². The molecule has 0 spiro atoms. The summed E-state index contributed by atoms with van der Waals surface area (Å²) in [5.41, 5.74) is 5.99. The van der Waals surface area contributed by atoms with Gasteiger partial charge in [-0.2, -0.15) is 0 Å². The molecule has 2 nitrogen and oxygen atoms in total. The number of hydrogen-bond donors (Lipinski definition) is 0. The van der Waals surface area contributed by atoms with Gasteiger partial charge in [-0.05, 0) is 13.8 Å². The van der Waals surface area contributed by atoms with Gasteiger partial charge >= 0.3 is 192 Å². The van der Waals surface area contributed by atoms with Crippen molar-refractivity contribution >= 4 is 35.1 Å². The summed E-state index contributed by atoms with van der Waals surface area (Å²) in [4.78, 5) is 2.33. The molecule has 0 radical (unpaired) electrons. The van der Waals surface area contributed by atoms with Crippen molar-refractivity contribution in [1.82, 2.24) is 0 Å². The van der Waals surface area contributed by atoms with Gasteiger partial charge < -0.3 is 0 Å². The van der Waals surface area contributed by atoms with Crippen LogP contribution in [-0.2, 0) is 0 Å². The molecule has 4 rings (SSSR count). The van der Waals surface area contributed by atoms with E-state index in [1.54, 1.807) is 0 Å². The summed E-state index contributed by atoms with van der Waals surface area (Å²) in [5.74, 6) is 0.981. The number of rotatable bonds is 9. The number of aryl methyl sites for hydroxylation is 2. The molecule has 178 valence electrons. The molecule has 34 heavy (non-hydrogen) atoms. The van der Waals surface area contributed by atoms with Gasteiger partial charge in [-0.15, -0.1) is 0 Å². The van der Waals surface area contributed by atoms with Gasteiger partial charge in [0, 0.05) is 0 Å². The standard InChI is InChI=1S/C31H38NOP/c1-6-34(7-2,8-3)23-33-31-20-14-26-13-19-30(21-27(26)22-31)32(28-15-9-24(4)10-16-28)29-17-11-25(5)12-18-29/h9-22,34H,6-8,23H2,1-5H3. The summed E-state index contributed by atoms with van der Waals surface area (Å²) < 4.78 is 6.40. The van der Waals surface area contributed by atoms with Crippen molar-refractivity contribution < 1.29 is 4.74 Å². The SMILES string of the molecule is CC[PH](CC)(CC)COc1ccc2ccc(N(c3ccc(C)cc3)c3ccc(C)cc3)cc2c1. The molecule has 0 saturated heterocycles. The van der Waals surface area contributed by atoms with Gasteiger partial charge in [-0.25, -0.2) is 0 Å². The van der Waals surface area contributed by atoms with Crippen LogP contribution >= 0.6 is 7.26 Å². The quantitative estimate of drug-likeness (QED) is 0.226. The summed E-state index contributed by atoms with van der Waals surface area (Å²) in [6.45, 7) is 11.3. The van der Waals surface area contributed by atoms with E-state index in [-0.39, 0.29) is 0 Å². The Balaban J connectivity index is 1.71. The second-order valence-corrected chi connectivity index (χ2v) is 15.0. The molecular formula is C31H38NOP. The van der Waals surface area contributed by atoms with Gasteiger partial charge in [0.25, 0.3) is 0 Å². The van der Waals surface area contributed by atoms with Crippen molar-refractivity contribution in [1.29, 1.82) is 0 Å². The van der Waals surface area contributed by atoms with Gasteiger partial charge in [0.2, 0.25) is 0 Å². The van der Waals surface area contributed by atoms with Crippen LogP contribution in [0.1, 0.15) is 31.9 Å². The molecule has 0 heterocycles. The Bertz CT molecular complexity index is 1170. The van der Waals surface area contributed by atoms with E-state index in [9.17, 15) is 0 Å². The normalized spacial score (nSPS) is 12.0. The van der Waals surface area contributed by atoms with Crippen molar-refractivity contribution in [2.24, 2.45) is 0 Å². The maximum atomic E-state index is 6.40. The first-order chi connectivity index (χ1) is 16.5. The molecule has 0 fully saturated rings. The molecular weight excluding hydrogens is 433 g/mol. The Hall–Kier alpha value is -2.83. The molecule has 3 heteroatoms. The molecule has 0 N–H and O–H groups in total. The molecule has 0 aliphatic heterocycles. The van der Waals surface area contributed by atoms with Crippen molar-refractivity contribution in [3.63, 3.8) is 0 Å². The second kappa shape index (κ2) is 10.6. The number of benzene rings is 4. The molecule has 4 aromatic rings. The molecule has 0 saturated carbocycles. The van der Waals surface area contributed by atoms with Crippen molar-refractivity contribution in [3.8, 4) is 5.75 Å². The average molecular weight is 472 g/mol. The van der Waals surface area contributed by atoms with E-state index in [1.165, 1.54) is 40.4 Å². The fraction of sp³-hybridized carbons (Fsp3) is 0.290. The Labute approximate surface area is 205 Å². The zero-order chi connectivity index (χ0) is 24.1. The van der Waals surface area contributed by atoms with Crippen molar-refractivity contribution in [3.05, 3.63) is 96.1 Å². The Morgan fingerprint density at radius 2 is 1.09 bits per heavy atom. The van der Waals surface area contributed by atoms with Gasteiger partial charge in [0.1, 0.15) is 0 Å². The molecule has 0 aromatic heterocycles. The van der Waals surface area contributed by atoms with Gasteiger partial charge in [0.05, 0.1) is 0 Å². The first kappa shape index (κ1) is 24.3. The maximum absolute atomic E-state index is 6.40. The zero-order valence-electron chi connectivity index (χ0n) is 21.3. The second-order valence-electron chi connectivity index (χ2n) is 9.55. The van der Waals surface area contributed by atoms with E-state index < -0.39 is 7.26 Å². The fourth-order valence-electron chi connectivity index (χ4n) is 4.57. The van der Waals surface area contributed by atoms with Gasteiger partial charge in [-0.1, -0.05) is 0 Å². The third kappa shape index (κ3) is 5.29. The Kier molecular flexibility index (Phi) is 7.59. The predicted octanol–water partition coefficient (Wildman–Crippen LogP) is 9.07. The number of nitrogens with zero attached hydrogens (tertiary/aromatic N) is 1. The minimum absolute atomic E-state index is 0.903. The van der Waals surface area contributed by atoms with Crippen LogP contribution in [-0.4, -0.2) is 24.8 Å². The molecule has 0 unspecified atom stereocenters. The fourth-order valence-corrected chi connectivity index (χ4v) is 7.15. The van der Waals surface area contributed by atoms with E-state index in [4.69, 9.17) is 4.74 Å². The average Bonchev–Trinajstić information content (AvgIpc) is 2.87. The van der Waals surface area contributed by atoms with E-state index in [2.05, 4.69) is 124 Å². The molecule has 4 aromatic carbocycles. The van der Waals surface area contributed by atoms with Crippen LogP contribution < -0.4 is 9.64 Å². The minimum atomic E-state index is -1.32. The first-order valence-electron chi connectivity index (χ1n) is 12.6. The van der Waals surface area contributed by atoms with Crippen LogP contribution in [0.15, 0.2) is 84.9 Å². The van der Waals surface area contributed by atoms with Crippen LogP contribution in [0.2, 0.25) is 0 Å². The van der Waals surface area contributed by atoms with Gasteiger partial charge in [0.15, 0.2) is 0 Å². The molecule has 0 aliphatic carbocycles. The van der Waals surface area contributed by atoms with Crippen LogP contribution in [0, 0.1) is 13.8 Å². The number of ether oxygens (including phenoxy) is 1.